The van der Waals surface area contributed by atoms with Gasteiger partial charge in [-0.2, -0.15) is 0 Å². The first-order valence-electron chi connectivity index (χ1n) is 23.1. The van der Waals surface area contributed by atoms with Gasteiger partial charge in [0.2, 0.25) is 17.7 Å². The van der Waals surface area contributed by atoms with E-state index in [1.54, 1.807) is 11.9 Å². The largest absolute Gasteiger partial charge is 0.464 e. The Morgan fingerprint density at radius 2 is 1.82 bits per heavy atom. The highest BCUT2D eigenvalue weighted by Gasteiger charge is 2.40. The summed E-state index contributed by atoms with van der Waals surface area (Å²) in [6, 6.07) is 16.0. The average Bonchev–Trinajstić information content (AvgIpc) is 3.91. The Labute approximate surface area is 381 Å². The molecule has 6 bridgehead atoms. The molecule has 8 rings (SSSR count). The maximum absolute atomic E-state index is 14.7. The quantitative estimate of drug-likeness (QED) is 0.171. The maximum atomic E-state index is 14.7. The lowest BCUT2D eigenvalue weighted by Crippen LogP contribution is -2.62. The fourth-order valence-corrected chi connectivity index (χ4v) is 10.3. The molecule has 2 saturated heterocycles. The van der Waals surface area contributed by atoms with Crippen molar-refractivity contribution in [2.45, 2.75) is 104 Å². The standard InChI is InChI=1S/C51H63N7O7/c1-9-43(59)56-22-19-36(27-56)48(61)55(8)45(30(2)3)47(60)53-41-24-33-13-10-14-34(23-33)35-17-18-42-38(25-35)39(46-37-15-11-20-52-44(37)32(5)64-28-31(4)58(42)46)26-51(6,7)29-65-50(63)40-16-12-21-57(54-40)49(41)62/h9-11,13-15,17-18,20,23,25,30-32,36,40-41,45,54H,1,12,16,19,21-22,24,26-29H2,2-8H3,(H,53,60)/t31-,32-,36-,40-,41-,45-/m0/s1. The van der Waals surface area contributed by atoms with Crippen molar-refractivity contribution in [1.82, 2.24) is 35.1 Å². The lowest BCUT2D eigenvalue weighted by atomic mass is 9.84. The monoisotopic (exact) mass is 885 g/mol. The summed E-state index contributed by atoms with van der Waals surface area (Å²) in [5.74, 6) is -2.54. The van der Waals surface area contributed by atoms with Crippen LogP contribution in [-0.4, -0.2) is 112 Å². The number of nitrogens with one attached hydrogen (secondary N) is 2. The molecule has 0 saturated carbocycles. The average molecular weight is 886 g/mol. The number of amides is 4. The summed E-state index contributed by atoms with van der Waals surface area (Å²) < 4.78 is 14.9. The number of likely N-dealkylation sites (tertiary alicyclic amines) is 1. The topological polar surface area (TPSA) is 155 Å². The molecule has 2 aromatic heterocycles. The minimum atomic E-state index is -1.05. The first-order chi connectivity index (χ1) is 31.0. The Bertz CT molecular complexity index is 2510. The summed E-state index contributed by atoms with van der Waals surface area (Å²) in [6.07, 6.45) is 5.11. The predicted molar refractivity (Wildman–Crippen MR) is 248 cm³/mol. The van der Waals surface area contributed by atoms with E-state index in [1.807, 2.05) is 45.2 Å². The lowest BCUT2D eigenvalue weighted by Gasteiger charge is -2.37. The number of pyridine rings is 1. The number of esters is 1. The number of ether oxygens (including phenoxy) is 2. The summed E-state index contributed by atoms with van der Waals surface area (Å²) in [4.78, 5) is 77.2. The van der Waals surface area contributed by atoms with Crippen LogP contribution < -0.4 is 10.7 Å². The molecule has 14 nitrogen and oxygen atoms in total. The van der Waals surface area contributed by atoms with Crippen LogP contribution in [0.2, 0.25) is 0 Å². The minimum absolute atomic E-state index is 0.00747. The Morgan fingerprint density at radius 3 is 2.58 bits per heavy atom. The van der Waals surface area contributed by atoms with Crippen molar-refractivity contribution in [2.75, 3.05) is 39.9 Å². The first-order valence-corrected chi connectivity index (χ1v) is 23.1. The van der Waals surface area contributed by atoms with Crippen molar-refractivity contribution in [3.8, 4) is 22.4 Å². The van der Waals surface area contributed by atoms with Crippen molar-refractivity contribution in [3.05, 3.63) is 90.3 Å². The molecule has 2 aromatic carbocycles. The number of hydrogen-bond acceptors (Lipinski definition) is 9. The first kappa shape index (κ1) is 45.7. The molecular weight excluding hydrogens is 823 g/mol. The maximum Gasteiger partial charge on any atom is 0.324 e. The molecule has 4 aromatic rings. The summed E-state index contributed by atoms with van der Waals surface area (Å²) >= 11 is 0. The highest BCUT2D eigenvalue weighted by Crippen LogP contribution is 2.44. The van der Waals surface area contributed by atoms with Crippen LogP contribution in [0.3, 0.4) is 0 Å². The molecule has 0 unspecified atom stereocenters. The Balaban J connectivity index is 1.19. The number of nitrogens with zero attached hydrogens (tertiary/aromatic N) is 5. The Morgan fingerprint density at radius 1 is 1.03 bits per heavy atom. The molecule has 344 valence electrons. The molecule has 2 fully saturated rings. The van der Waals surface area contributed by atoms with Crippen molar-refractivity contribution in [2.24, 2.45) is 17.3 Å². The van der Waals surface area contributed by atoms with Crippen LogP contribution in [0.1, 0.15) is 89.8 Å². The van der Waals surface area contributed by atoms with Gasteiger partial charge in [-0.25, -0.2) is 5.43 Å². The van der Waals surface area contributed by atoms with Gasteiger partial charge >= 0.3 is 5.97 Å². The molecule has 4 amide bonds. The number of benzene rings is 2. The van der Waals surface area contributed by atoms with E-state index in [4.69, 9.17) is 14.5 Å². The minimum Gasteiger partial charge on any atom is -0.464 e. The molecule has 0 aliphatic carbocycles. The molecule has 0 radical (unpaired) electrons. The third kappa shape index (κ3) is 9.20. The zero-order chi connectivity index (χ0) is 46.3. The molecule has 0 spiro atoms. The van der Waals surface area contributed by atoms with Crippen LogP contribution in [0.4, 0.5) is 0 Å². The highest BCUT2D eigenvalue weighted by molar-refractivity contribution is 5.96. The molecule has 2 N–H and O–H groups in total. The second-order valence-corrected chi connectivity index (χ2v) is 19.5. The van der Waals surface area contributed by atoms with Gasteiger partial charge in [0.15, 0.2) is 0 Å². The summed E-state index contributed by atoms with van der Waals surface area (Å²) in [5, 5.41) is 5.59. The molecule has 14 heteroatoms. The highest BCUT2D eigenvalue weighted by atomic mass is 16.5. The summed E-state index contributed by atoms with van der Waals surface area (Å²) in [7, 11) is 1.61. The number of rotatable bonds is 6. The molecule has 6 atom stereocenters. The second-order valence-electron chi connectivity index (χ2n) is 19.5. The molecule has 4 aliphatic rings. The zero-order valence-corrected chi connectivity index (χ0v) is 38.8. The van der Waals surface area contributed by atoms with Crippen molar-refractivity contribution in [3.63, 3.8) is 0 Å². The van der Waals surface area contributed by atoms with Gasteiger partial charge in [0.05, 0.1) is 42.7 Å². The van der Waals surface area contributed by atoms with Gasteiger partial charge in [-0.1, -0.05) is 64.6 Å². The number of carbonyl (C=O) groups is 5. The predicted octanol–water partition coefficient (Wildman–Crippen LogP) is 6.19. The van der Waals surface area contributed by atoms with Crippen LogP contribution in [0.15, 0.2) is 73.4 Å². The van der Waals surface area contributed by atoms with Crippen LogP contribution >= 0.6 is 0 Å². The van der Waals surface area contributed by atoms with Crippen LogP contribution in [0.25, 0.3) is 33.3 Å². The summed E-state index contributed by atoms with van der Waals surface area (Å²) in [6.45, 7) is 17.4. The van der Waals surface area contributed by atoms with Crippen molar-refractivity contribution < 1.29 is 33.4 Å². The van der Waals surface area contributed by atoms with E-state index in [9.17, 15) is 24.0 Å². The number of aromatic nitrogens is 2. The Kier molecular flexibility index (Phi) is 13.0. The fourth-order valence-electron chi connectivity index (χ4n) is 10.3. The number of hydrogen-bond donors (Lipinski definition) is 2. The van der Waals surface area contributed by atoms with Gasteiger partial charge < -0.3 is 29.2 Å². The smallest absolute Gasteiger partial charge is 0.324 e. The molecule has 4 aliphatic heterocycles. The lowest BCUT2D eigenvalue weighted by molar-refractivity contribution is -0.155. The van der Waals surface area contributed by atoms with E-state index >= 15 is 0 Å². The molecule has 65 heavy (non-hydrogen) atoms. The van der Waals surface area contributed by atoms with Gasteiger partial charge in [-0.05, 0) is 98.0 Å². The zero-order valence-electron chi connectivity index (χ0n) is 38.8. The second kappa shape index (κ2) is 18.6. The van der Waals surface area contributed by atoms with E-state index in [-0.39, 0.29) is 49.5 Å². The third-order valence-corrected chi connectivity index (χ3v) is 13.6. The van der Waals surface area contributed by atoms with Gasteiger partial charge in [-0.3, -0.25) is 34.0 Å². The number of hydrazine groups is 1. The number of cyclic esters (lactones) is 1. The van der Waals surface area contributed by atoms with E-state index in [0.29, 0.717) is 45.4 Å². The molecule has 6 heterocycles. The normalized spacial score (nSPS) is 23.9. The number of carbonyl (C=O) groups excluding carboxylic acids is 5. The van der Waals surface area contributed by atoms with E-state index < -0.39 is 47.2 Å². The van der Waals surface area contributed by atoms with Crippen molar-refractivity contribution in [1.29, 1.82) is 0 Å². The molecular formula is C51H63N7O7. The van der Waals surface area contributed by atoms with E-state index in [1.165, 1.54) is 16.0 Å². The number of likely N-dealkylation sites (N-methyl/N-ethyl adjacent to an activating group) is 1. The van der Waals surface area contributed by atoms with Crippen LogP contribution in [0, 0.1) is 17.3 Å². The van der Waals surface area contributed by atoms with Crippen LogP contribution in [-0.2, 0) is 46.3 Å². The van der Waals surface area contributed by atoms with Gasteiger partial charge in [0.25, 0.3) is 5.91 Å². The van der Waals surface area contributed by atoms with Crippen LogP contribution in [0.5, 0.6) is 0 Å². The fraction of sp³-hybridized carbons (Fsp3) is 0.490. The number of fused-ring (bicyclic) bond motifs is 11. The van der Waals surface area contributed by atoms with Gasteiger partial charge in [0.1, 0.15) is 18.1 Å². The van der Waals surface area contributed by atoms with Gasteiger partial charge in [0, 0.05) is 61.2 Å². The van der Waals surface area contributed by atoms with Gasteiger partial charge in [-0.15, -0.1) is 0 Å². The van der Waals surface area contributed by atoms with E-state index in [2.05, 4.69) is 79.1 Å². The van der Waals surface area contributed by atoms with E-state index in [0.717, 1.165) is 50.1 Å². The Hall–Kier alpha value is -5.86. The summed E-state index contributed by atoms with van der Waals surface area (Å²) in [5.41, 5.74) is 10.6. The third-order valence-electron chi connectivity index (χ3n) is 13.6. The SMILES string of the molecule is C=CC(=O)N1CC[C@H](C(=O)N(C)[C@H](C(=O)N[C@H]2Cc3cccc(c3)-c3ccc4c(c3)c(c3n4[C@@H](C)CO[C@@H](C)c4ncccc4-3)CC(C)(C)COC(=O)[C@@H]3CCCN(N3)C2=O)C(C)C)C1. The van der Waals surface area contributed by atoms with Crippen molar-refractivity contribution >= 4 is 40.5 Å².